The first-order valence-corrected chi connectivity index (χ1v) is 15.0. The van der Waals surface area contributed by atoms with Crippen molar-refractivity contribution in [3.05, 3.63) is 119 Å². The molecule has 0 spiro atoms. The van der Waals surface area contributed by atoms with Gasteiger partial charge >= 0.3 is 0 Å². The van der Waals surface area contributed by atoms with Crippen LogP contribution in [0.1, 0.15) is 55.3 Å². The molecule has 7 nitrogen and oxygen atoms in total. The largest absolute Gasteiger partial charge is 0.493 e. The van der Waals surface area contributed by atoms with Crippen LogP contribution in [0.15, 0.2) is 102 Å². The van der Waals surface area contributed by atoms with E-state index in [1.165, 1.54) is 0 Å². The monoisotopic (exact) mass is 590 g/mol. The quantitative estimate of drug-likeness (QED) is 0.204. The van der Waals surface area contributed by atoms with Gasteiger partial charge in [0, 0.05) is 17.7 Å². The van der Waals surface area contributed by atoms with Gasteiger partial charge in [0.05, 0.1) is 37.7 Å². The van der Waals surface area contributed by atoms with Gasteiger partial charge in [-0.3, -0.25) is 4.79 Å². The summed E-state index contributed by atoms with van der Waals surface area (Å²) in [6.07, 6.45) is 1.09. The fourth-order valence-electron chi connectivity index (χ4n) is 5.99. The van der Waals surface area contributed by atoms with E-state index in [1.807, 2.05) is 105 Å². The Kier molecular flexibility index (Phi) is 8.46. The Morgan fingerprint density at radius 1 is 0.750 bits per heavy atom. The number of carbonyl (C=O) groups excluding carboxylic acids is 1. The molecule has 1 aliphatic heterocycles. The van der Waals surface area contributed by atoms with Gasteiger partial charge in [-0.25, -0.2) is 0 Å². The number of benzene rings is 4. The minimum atomic E-state index is -0.372. The van der Waals surface area contributed by atoms with Crippen molar-refractivity contribution < 1.29 is 23.7 Å². The molecule has 1 heterocycles. The van der Waals surface area contributed by atoms with Crippen LogP contribution in [0.4, 0.5) is 11.4 Å². The maximum absolute atomic E-state index is 14.1. The molecule has 226 valence electrons. The van der Waals surface area contributed by atoms with E-state index in [-0.39, 0.29) is 23.8 Å². The zero-order valence-electron chi connectivity index (χ0n) is 25.6. The van der Waals surface area contributed by atoms with E-state index in [0.717, 1.165) is 39.3 Å². The first kappa shape index (κ1) is 29.2. The summed E-state index contributed by atoms with van der Waals surface area (Å²) in [5.41, 5.74) is 6.55. The number of anilines is 2. The number of Topliss-reactive ketones (excluding diaryl/α,β-unsaturated/α-hetero) is 1. The first-order chi connectivity index (χ1) is 21.4. The van der Waals surface area contributed by atoms with Crippen LogP contribution in [0, 0.1) is 0 Å². The summed E-state index contributed by atoms with van der Waals surface area (Å²) < 4.78 is 23.5. The number of allylic oxidation sites excluding steroid dienone is 1. The van der Waals surface area contributed by atoms with Gasteiger partial charge in [0.2, 0.25) is 0 Å². The van der Waals surface area contributed by atoms with Gasteiger partial charge in [0.25, 0.3) is 0 Å². The lowest BCUT2D eigenvalue weighted by Gasteiger charge is -2.30. The van der Waals surface area contributed by atoms with Gasteiger partial charge in [0.1, 0.15) is 6.61 Å². The highest BCUT2D eigenvalue weighted by Crippen LogP contribution is 2.46. The van der Waals surface area contributed by atoms with Crippen molar-refractivity contribution in [1.29, 1.82) is 0 Å². The molecule has 0 aromatic heterocycles. The van der Waals surface area contributed by atoms with E-state index >= 15 is 0 Å². The van der Waals surface area contributed by atoms with Gasteiger partial charge in [-0.1, -0.05) is 54.6 Å². The number of rotatable bonds is 9. The summed E-state index contributed by atoms with van der Waals surface area (Å²) in [7, 11) is 3.28. The Bertz CT molecular complexity index is 1680. The van der Waals surface area contributed by atoms with Crippen LogP contribution in [0.5, 0.6) is 23.0 Å². The molecule has 0 amide bonds. The molecule has 0 radical (unpaired) electrons. The second-order valence-electron chi connectivity index (χ2n) is 11.4. The van der Waals surface area contributed by atoms with E-state index in [4.69, 9.17) is 18.9 Å². The highest BCUT2D eigenvalue weighted by Gasteiger charge is 2.36. The third kappa shape index (κ3) is 6.09. The number of carbonyl (C=O) groups is 1. The van der Waals surface area contributed by atoms with Crippen molar-refractivity contribution in [2.75, 3.05) is 24.9 Å². The van der Waals surface area contributed by atoms with E-state index in [0.29, 0.717) is 42.4 Å². The van der Waals surface area contributed by atoms with Crippen molar-refractivity contribution in [2.24, 2.45) is 0 Å². The molecule has 6 rings (SSSR count). The Balaban J connectivity index is 1.34. The molecule has 7 heteroatoms. The van der Waals surface area contributed by atoms with Gasteiger partial charge in [-0.15, -0.1) is 0 Å². The smallest absolute Gasteiger partial charge is 0.163 e. The van der Waals surface area contributed by atoms with E-state index in [9.17, 15) is 4.79 Å². The van der Waals surface area contributed by atoms with Crippen molar-refractivity contribution >= 4 is 17.2 Å². The molecular formula is C37H38N2O5. The summed E-state index contributed by atoms with van der Waals surface area (Å²) in [6, 6.07) is 29.6. The van der Waals surface area contributed by atoms with Crippen molar-refractivity contribution in [2.45, 2.75) is 51.4 Å². The van der Waals surface area contributed by atoms with Crippen LogP contribution in [0.2, 0.25) is 0 Å². The zero-order valence-corrected chi connectivity index (χ0v) is 25.6. The summed E-state index contributed by atoms with van der Waals surface area (Å²) >= 11 is 0. The average Bonchev–Trinajstić information content (AvgIpc) is 3.21. The second-order valence-corrected chi connectivity index (χ2v) is 11.4. The Hall–Kier alpha value is -4.91. The lowest BCUT2D eigenvalue weighted by Crippen LogP contribution is -2.27. The number of fused-ring (bicyclic) bond motifs is 1. The maximum Gasteiger partial charge on any atom is 0.163 e. The Morgan fingerprint density at radius 2 is 1.41 bits per heavy atom. The summed E-state index contributed by atoms with van der Waals surface area (Å²) in [5.74, 6) is 2.72. The van der Waals surface area contributed by atoms with Gasteiger partial charge in [0.15, 0.2) is 28.8 Å². The van der Waals surface area contributed by atoms with Crippen LogP contribution >= 0.6 is 0 Å². The predicted molar refractivity (Wildman–Crippen MR) is 173 cm³/mol. The van der Waals surface area contributed by atoms with Crippen molar-refractivity contribution in [3.63, 3.8) is 0 Å². The minimum Gasteiger partial charge on any atom is -0.493 e. The third-order valence-electron chi connectivity index (χ3n) is 8.09. The second kappa shape index (κ2) is 12.8. The molecule has 0 fully saturated rings. The Morgan fingerprint density at radius 3 is 2.16 bits per heavy atom. The third-order valence-corrected chi connectivity index (χ3v) is 8.09. The van der Waals surface area contributed by atoms with Crippen molar-refractivity contribution in [1.82, 2.24) is 0 Å². The zero-order chi connectivity index (χ0) is 30.6. The molecule has 44 heavy (non-hydrogen) atoms. The molecule has 2 N–H and O–H groups in total. The number of methoxy groups -OCH3 is 2. The van der Waals surface area contributed by atoms with E-state index in [1.54, 1.807) is 14.2 Å². The van der Waals surface area contributed by atoms with Crippen LogP contribution in [0.25, 0.3) is 0 Å². The fraction of sp³-hybridized carbons (Fsp3) is 0.270. The predicted octanol–water partition coefficient (Wildman–Crippen LogP) is 8.05. The lowest BCUT2D eigenvalue weighted by atomic mass is 9.78. The molecule has 0 bridgehead atoms. The van der Waals surface area contributed by atoms with Gasteiger partial charge in [-0.2, -0.15) is 0 Å². The molecule has 1 aliphatic carbocycles. The average molecular weight is 591 g/mol. The maximum atomic E-state index is 14.1. The number of hydrogen-bond donors (Lipinski definition) is 2. The number of para-hydroxylation sites is 2. The Labute approximate surface area is 258 Å². The number of nitrogens with one attached hydrogen (secondary N) is 2. The van der Waals surface area contributed by atoms with Crippen molar-refractivity contribution in [3.8, 4) is 23.0 Å². The minimum absolute atomic E-state index is 0.00930. The molecule has 4 aromatic rings. The van der Waals surface area contributed by atoms with E-state index < -0.39 is 0 Å². The fourth-order valence-corrected chi connectivity index (χ4v) is 5.99. The van der Waals surface area contributed by atoms with Crippen LogP contribution in [-0.4, -0.2) is 26.1 Å². The molecule has 0 saturated heterocycles. The standard InChI is InChI=1S/C37H38N2O5/c1-23(2)44-33-17-14-25(20-35(33)42-4)27-18-30-36(31(40)19-27)37(39-29-13-9-8-12-28(29)38-30)26-15-16-32(34(21-26)41-3)43-22-24-10-6-5-7-11-24/h5-17,20-21,23,27,37-39H,18-19,22H2,1-4H3. The topological polar surface area (TPSA) is 78.1 Å². The van der Waals surface area contributed by atoms with Crippen LogP contribution in [-0.2, 0) is 11.4 Å². The normalized spacial score (nSPS) is 17.5. The van der Waals surface area contributed by atoms with Gasteiger partial charge in [-0.05, 0) is 79.3 Å². The summed E-state index contributed by atoms with van der Waals surface area (Å²) in [5, 5.41) is 7.28. The number of hydrogen-bond acceptors (Lipinski definition) is 7. The molecule has 2 aliphatic rings. The highest BCUT2D eigenvalue weighted by atomic mass is 16.5. The molecule has 2 atom stereocenters. The first-order valence-electron chi connectivity index (χ1n) is 15.0. The van der Waals surface area contributed by atoms with Crippen LogP contribution < -0.4 is 29.6 Å². The highest BCUT2D eigenvalue weighted by molar-refractivity contribution is 6.01. The van der Waals surface area contributed by atoms with E-state index in [2.05, 4.69) is 10.6 Å². The van der Waals surface area contributed by atoms with Crippen LogP contribution in [0.3, 0.4) is 0 Å². The molecule has 4 aromatic carbocycles. The summed E-state index contributed by atoms with van der Waals surface area (Å²) in [4.78, 5) is 14.1. The SMILES string of the molecule is COc1cc(C2Nc3ccccc3NC3=C2C(=O)CC(c2ccc(OC(C)C)c(OC)c2)C3)ccc1OCc1ccccc1. The molecule has 0 saturated carbocycles. The number of ketones is 1. The molecule has 2 unspecified atom stereocenters. The number of ether oxygens (including phenoxy) is 4. The lowest BCUT2D eigenvalue weighted by molar-refractivity contribution is -0.116. The molecular weight excluding hydrogens is 552 g/mol. The summed E-state index contributed by atoms with van der Waals surface area (Å²) in [6.45, 7) is 4.41. The van der Waals surface area contributed by atoms with Gasteiger partial charge < -0.3 is 29.6 Å².